The van der Waals surface area contributed by atoms with Crippen molar-refractivity contribution in [2.24, 2.45) is 0 Å². The summed E-state index contributed by atoms with van der Waals surface area (Å²) in [6.45, 7) is 2.61. The SMILES string of the molecule is Cc1ncc(CNC(=O)Cn2cc(N)cn2)s1. The van der Waals surface area contributed by atoms with Crippen LogP contribution in [0.2, 0.25) is 0 Å². The summed E-state index contributed by atoms with van der Waals surface area (Å²) in [5.41, 5.74) is 6.05. The van der Waals surface area contributed by atoms with Gasteiger partial charge in [0.05, 0.1) is 23.4 Å². The lowest BCUT2D eigenvalue weighted by atomic mass is 10.5. The van der Waals surface area contributed by atoms with Crippen LogP contribution in [0.3, 0.4) is 0 Å². The fraction of sp³-hybridized carbons (Fsp3) is 0.300. The van der Waals surface area contributed by atoms with Crippen LogP contribution in [0.4, 0.5) is 5.69 Å². The predicted molar refractivity (Wildman–Crippen MR) is 65.3 cm³/mol. The van der Waals surface area contributed by atoms with Crippen molar-refractivity contribution in [1.29, 1.82) is 0 Å². The highest BCUT2D eigenvalue weighted by Gasteiger charge is 2.05. The number of hydrogen-bond donors (Lipinski definition) is 2. The molecule has 0 aliphatic rings. The molecule has 0 bridgehead atoms. The Labute approximate surface area is 102 Å². The van der Waals surface area contributed by atoms with Gasteiger partial charge in [-0.3, -0.25) is 9.48 Å². The number of anilines is 1. The lowest BCUT2D eigenvalue weighted by molar-refractivity contribution is -0.122. The molecule has 6 nitrogen and oxygen atoms in total. The average Bonchev–Trinajstić information content (AvgIpc) is 2.85. The van der Waals surface area contributed by atoms with Gasteiger partial charge in [0.2, 0.25) is 5.91 Å². The van der Waals surface area contributed by atoms with Crippen LogP contribution >= 0.6 is 11.3 Å². The molecule has 0 saturated carbocycles. The first-order valence-electron chi connectivity index (χ1n) is 5.09. The van der Waals surface area contributed by atoms with Gasteiger partial charge in [-0.15, -0.1) is 11.3 Å². The summed E-state index contributed by atoms with van der Waals surface area (Å²) in [6, 6.07) is 0. The molecule has 0 aliphatic heterocycles. The van der Waals surface area contributed by atoms with Crippen LogP contribution in [0.15, 0.2) is 18.6 Å². The van der Waals surface area contributed by atoms with Gasteiger partial charge in [-0.25, -0.2) is 4.98 Å². The van der Waals surface area contributed by atoms with Crippen molar-refractivity contribution < 1.29 is 4.79 Å². The van der Waals surface area contributed by atoms with Gasteiger partial charge >= 0.3 is 0 Å². The van der Waals surface area contributed by atoms with Gasteiger partial charge in [-0.05, 0) is 6.92 Å². The Bertz CT molecular complexity index is 518. The predicted octanol–water partition coefficient (Wildman–Crippen LogP) is 0.547. The zero-order valence-electron chi connectivity index (χ0n) is 9.38. The maximum Gasteiger partial charge on any atom is 0.242 e. The smallest absolute Gasteiger partial charge is 0.242 e. The zero-order chi connectivity index (χ0) is 12.3. The molecule has 3 N–H and O–H groups in total. The quantitative estimate of drug-likeness (QED) is 0.830. The van der Waals surface area contributed by atoms with E-state index in [0.717, 1.165) is 9.88 Å². The van der Waals surface area contributed by atoms with Gasteiger partial charge in [0, 0.05) is 17.3 Å². The molecular formula is C10H13N5OS. The molecule has 2 heterocycles. The average molecular weight is 251 g/mol. The van der Waals surface area contributed by atoms with Crippen LogP contribution in [0.1, 0.15) is 9.88 Å². The van der Waals surface area contributed by atoms with E-state index in [-0.39, 0.29) is 12.5 Å². The Morgan fingerprint density at radius 1 is 1.59 bits per heavy atom. The molecule has 2 rings (SSSR count). The lowest BCUT2D eigenvalue weighted by Gasteiger charge is -2.03. The number of thiazole rings is 1. The van der Waals surface area contributed by atoms with E-state index < -0.39 is 0 Å². The van der Waals surface area contributed by atoms with Crippen molar-refractivity contribution in [3.05, 3.63) is 28.5 Å². The fourth-order valence-corrected chi connectivity index (χ4v) is 2.08. The zero-order valence-corrected chi connectivity index (χ0v) is 10.2. The Morgan fingerprint density at radius 2 is 2.41 bits per heavy atom. The van der Waals surface area contributed by atoms with E-state index in [9.17, 15) is 4.79 Å². The highest BCUT2D eigenvalue weighted by Crippen LogP contribution is 2.10. The highest BCUT2D eigenvalue weighted by molar-refractivity contribution is 7.11. The first kappa shape index (κ1) is 11.6. The molecule has 2 aromatic rings. The molecule has 0 radical (unpaired) electrons. The van der Waals surface area contributed by atoms with E-state index in [4.69, 9.17) is 5.73 Å². The summed E-state index contributed by atoms with van der Waals surface area (Å²) in [5.74, 6) is -0.0980. The van der Waals surface area contributed by atoms with Gasteiger partial charge in [0.15, 0.2) is 0 Å². The highest BCUT2D eigenvalue weighted by atomic mass is 32.1. The van der Waals surface area contributed by atoms with Crippen LogP contribution < -0.4 is 11.1 Å². The Morgan fingerprint density at radius 3 is 3.00 bits per heavy atom. The van der Waals surface area contributed by atoms with Crippen LogP contribution in [0.25, 0.3) is 0 Å². The normalized spacial score (nSPS) is 10.4. The summed E-state index contributed by atoms with van der Waals surface area (Å²) >= 11 is 1.57. The van der Waals surface area contributed by atoms with Crippen LogP contribution in [-0.2, 0) is 17.9 Å². The third-order valence-electron chi connectivity index (χ3n) is 2.09. The second-order valence-corrected chi connectivity index (χ2v) is 4.91. The molecule has 7 heteroatoms. The van der Waals surface area contributed by atoms with Crippen molar-refractivity contribution in [2.45, 2.75) is 20.0 Å². The lowest BCUT2D eigenvalue weighted by Crippen LogP contribution is -2.26. The number of nitrogens with zero attached hydrogens (tertiary/aromatic N) is 3. The molecule has 0 fully saturated rings. The number of carbonyl (C=O) groups is 1. The minimum absolute atomic E-state index is 0.0980. The standard InChI is InChI=1S/C10H13N5OS/c1-7-12-3-9(17-7)4-13-10(16)6-15-5-8(11)2-14-15/h2-3,5H,4,6,11H2,1H3,(H,13,16). The number of aryl methyl sites for hydroxylation is 1. The number of hydrogen-bond acceptors (Lipinski definition) is 5. The first-order valence-corrected chi connectivity index (χ1v) is 5.91. The number of aromatic nitrogens is 3. The van der Waals surface area contributed by atoms with Crippen molar-refractivity contribution in [3.63, 3.8) is 0 Å². The van der Waals surface area contributed by atoms with Crippen molar-refractivity contribution >= 4 is 22.9 Å². The van der Waals surface area contributed by atoms with E-state index in [1.165, 1.54) is 10.9 Å². The van der Waals surface area contributed by atoms with Gasteiger partial charge in [0.25, 0.3) is 0 Å². The van der Waals surface area contributed by atoms with E-state index >= 15 is 0 Å². The summed E-state index contributed by atoms with van der Waals surface area (Å²) in [6.07, 6.45) is 4.91. The number of nitrogen functional groups attached to an aromatic ring is 1. The molecule has 0 saturated heterocycles. The maximum atomic E-state index is 11.6. The van der Waals surface area contributed by atoms with Crippen LogP contribution in [0.5, 0.6) is 0 Å². The Hall–Kier alpha value is -1.89. The van der Waals surface area contributed by atoms with Gasteiger partial charge in [-0.2, -0.15) is 5.10 Å². The number of amides is 1. The molecule has 17 heavy (non-hydrogen) atoms. The fourth-order valence-electron chi connectivity index (χ4n) is 1.34. The van der Waals surface area contributed by atoms with Crippen LogP contribution in [0, 0.1) is 6.92 Å². The van der Waals surface area contributed by atoms with Gasteiger partial charge in [-0.1, -0.05) is 0 Å². The van der Waals surface area contributed by atoms with E-state index in [2.05, 4.69) is 15.4 Å². The van der Waals surface area contributed by atoms with Gasteiger partial charge < -0.3 is 11.1 Å². The number of nitrogens with two attached hydrogens (primary N) is 1. The number of nitrogens with one attached hydrogen (secondary N) is 1. The molecule has 0 aromatic carbocycles. The second-order valence-electron chi connectivity index (χ2n) is 3.59. The summed E-state index contributed by atoms with van der Waals surface area (Å²) < 4.78 is 1.50. The first-order chi connectivity index (χ1) is 8.13. The Kier molecular flexibility index (Phi) is 3.38. The number of carbonyl (C=O) groups excluding carboxylic acids is 1. The number of rotatable bonds is 4. The summed E-state index contributed by atoms with van der Waals surface area (Å²) in [7, 11) is 0. The molecule has 0 unspecified atom stereocenters. The molecule has 0 atom stereocenters. The second kappa shape index (κ2) is 4.96. The van der Waals surface area contributed by atoms with E-state index in [1.807, 2.05) is 6.92 Å². The Balaban J connectivity index is 1.82. The summed E-state index contributed by atoms with van der Waals surface area (Å²) in [4.78, 5) is 16.7. The molecular weight excluding hydrogens is 238 g/mol. The monoisotopic (exact) mass is 251 g/mol. The topological polar surface area (TPSA) is 85.8 Å². The molecule has 0 spiro atoms. The van der Waals surface area contributed by atoms with Gasteiger partial charge in [0.1, 0.15) is 6.54 Å². The van der Waals surface area contributed by atoms with Crippen molar-refractivity contribution in [3.8, 4) is 0 Å². The third kappa shape index (κ3) is 3.28. The van der Waals surface area contributed by atoms with Crippen molar-refractivity contribution in [1.82, 2.24) is 20.1 Å². The van der Waals surface area contributed by atoms with Crippen molar-refractivity contribution in [2.75, 3.05) is 5.73 Å². The molecule has 0 aliphatic carbocycles. The maximum absolute atomic E-state index is 11.6. The minimum atomic E-state index is -0.0980. The molecule has 2 aromatic heterocycles. The largest absolute Gasteiger partial charge is 0.396 e. The van der Waals surface area contributed by atoms with E-state index in [1.54, 1.807) is 23.7 Å². The minimum Gasteiger partial charge on any atom is -0.396 e. The third-order valence-corrected chi connectivity index (χ3v) is 3.00. The molecule has 1 amide bonds. The summed E-state index contributed by atoms with van der Waals surface area (Å²) in [5, 5.41) is 7.73. The van der Waals surface area contributed by atoms with Crippen LogP contribution in [-0.4, -0.2) is 20.7 Å². The van der Waals surface area contributed by atoms with E-state index in [0.29, 0.717) is 12.2 Å². The molecule has 90 valence electrons.